The number of carbonyl (C=O) groups excluding carboxylic acids is 1. The Morgan fingerprint density at radius 2 is 1.89 bits per heavy atom. The predicted octanol–water partition coefficient (Wildman–Crippen LogP) is 4.77. The summed E-state index contributed by atoms with van der Waals surface area (Å²) < 4.78 is 37.5. The van der Waals surface area contributed by atoms with Crippen molar-refractivity contribution in [3.05, 3.63) is 63.1 Å². The van der Waals surface area contributed by atoms with Gasteiger partial charge in [-0.2, -0.15) is 13.2 Å². The molecule has 2 heterocycles. The molecule has 2 N–H and O–H groups in total. The van der Waals surface area contributed by atoms with Crippen molar-refractivity contribution in [2.45, 2.75) is 25.4 Å². The summed E-state index contributed by atoms with van der Waals surface area (Å²) in [4.78, 5) is 20.7. The van der Waals surface area contributed by atoms with Crippen LogP contribution < -0.4 is 10.6 Å². The third kappa shape index (κ3) is 6.03. The monoisotopic (exact) mass is 426 g/mol. The van der Waals surface area contributed by atoms with E-state index in [2.05, 4.69) is 32.7 Å². The van der Waals surface area contributed by atoms with E-state index in [9.17, 15) is 18.0 Å². The van der Waals surface area contributed by atoms with Crippen LogP contribution in [0.5, 0.6) is 0 Å². The molecule has 148 valence electrons. The van der Waals surface area contributed by atoms with Crippen LogP contribution in [0.25, 0.3) is 0 Å². The highest BCUT2D eigenvalue weighted by Gasteiger charge is 2.33. The Bertz CT molecular complexity index is 909. The third-order valence-corrected chi connectivity index (χ3v) is 5.62. The second-order valence-corrected chi connectivity index (χ2v) is 7.93. The van der Waals surface area contributed by atoms with Gasteiger partial charge in [-0.15, -0.1) is 22.7 Å². The second kappa shape index (κ2) is 9.16. The number of aromatic nitrogens is 2. The van der Waals surface area contributed by atoms with E-state index in [-0.39, 0.29) is 13.0 Å². The van der Waals surface area contributed by atoms with Gasteiger partial charge in [-0.1, -0.05) is 30.3 Å². The number of hydrogen-bond acceptors (Lipinski definition) is 5. The van der Waals surface area contributed by atoms with Gasteiger partial charge >= 0.3 is 12.2 Å². The van der Waals surface area contributed by atoms with E-state index in [1.165, 1.54) is 16.9 Å². The fourth-order valence-corrected chi connectivity index (χ4v) is 3.99. The summed E-state index contributed by atoms with van der Waals surface area (Å²) >= 11 is 2.32. The van der Waals surface area contributed by atoms with Crippen LogP contribution in [0, 0.1) is 0 Å². The minimum absolute atomic E-state index is 0.183. The van der Waals surface area contributed by atoms with E-state index < -0.39 is 17.9 Å². The molecule has 3 aromatic rings. The Morgan fingerprint density at radius 1 is 1.11 bits per heavy atom. The van der Waals surface area contributed by atoms with E-state index in [1.807, 2.05) is 18.2 Å². The van der Waals surface area contributed by atoms with Gasteiger partial charge in [0.2, 0.25) is 0 Å². The molecule has 0 radical (unpaired) electrons. The first kappa shape index (κ1) is 20.3. The van der Waals surface area contributed by atoms with Crippen LogP contribution in [-0.4, -0.2) is 22.5 Å². The van der Waals surface area contributed by atoms with Crippen LogP contribution in [0.3, 0.4) is 0 Å². The van der Waals surface area contributed by atoms with Crippen molar-refractivity contribution in [2.75, 3.05) is 11.9 Å². The lowest BCUT2D eigenvalue weighted by molar-refractivity contribution is -0.140. The Hall–Kier alpha value is -2.46. The maximum absolute atomic E-state index is 12.5. The van der Waals surface area contributed by atoms with Gasteiger partial charge in [-0.3, -0.25) is 5.32 Å². The quantitative estimate of drug-likeness (QED) is 0.572. The molecule has 10 heteroatoms. The maximum Gasteiger partial charge on any atom is 0.434 e. The number of benzene rings is 1. The zero-order valence-corrected chi connectivity index (χ0v) is 16.3. The first-order valence-corrected chi connectivity index (χ1v) is 10.1. The van der Waals surface area contributed by atoms with Crippen molar-refractivity contribution in [1.29, 1.82) is 0 Å². The van der Waals surface area contributed by atoms with Crippen LogP contribution in [0.4, 0.5) is 23.1 Å². The summed E-state index contributed by atoms with van der Waals surface area (Å²) in [6.07, 6.45) is -0.757. The van der Waals surface area contributed by atoms with Crippen molar-refractivity contribution in [2.24, 2.45) is 0 Å². The Morgan fingerprint density at radius 3 is 2.61 bits per heavy atom. The lowest BCUT2D eigenvalue weighted by Gasteiger charge is -2.04. The fourth-order valence-electron chi connectivity index (χ4n) is 2.37. The molecule has 0 spiro atoms. The van der Waals surface area contributed by atoms with E-state index in [0.717, 1.165) is 34.4 Å². The Balaban J connectivity index is 1.40. The molecule has 0 aliphatic carbocycles. The summed E-state index contributed by atoms with van der Waals surface area (Å²) in [5.74, 6) is 0. The zero-order valence-electron chi connectivity index (χ0n) is 14.6. The molecule has 3 rings (SSSR count). The number of halogens is 3. The van der Waals surface area contributed by atoms with Crippen LogP contribution in [-0.2, 0) is 25.4 Å². The Labute approximate surface area is 167 Å². The van der Waals surface area contributed by atoms with Crippen molar-refractivity contribution >= 4 is 33.8 Å². The first-order chi connectivity index (χ1) is 13.4. The molecule has 0 bridgehead atoms. The summed E-state index contributed by atoms with van der Waals surface area (Å²) in [5, 5.41) is 7.01. The normalized spacial score (nSPS) is 11.4. The molecular weight excluding hydrogens is 409 g/mol. The number of nitrogens with one attached hydrogen (secondary N) is 2. The molecule has 0 saturated carbocycles. The predicted molar refractivity (Wildman–Crippen MR) is 104 cm³/mol. The molecule has 1 aromatic carbocycles. The molecule has 0 aliphatic rings. The van der Waals surface area contributed by atoms with Crippen LogP contribution in [0.2, 0.25) is 0 Å². The number of amides is 2. The maximum atomic E-state index is 12.5. The van der Waals surface area contributed by atoms with Crippen LogP contribution in [0.1, 0.15) is 21.1 Å². The molecule has 0 fully saturated rings. The van der Waals surface area contributed by atoms with Crippen molar-refractivity contribution in [3.8, 4) is 0 Å². The largest absolute Gasteiger partial charge is 0.434 e. The van der Waals surface area contributed by atoms with Gasteiger partial charge < -0.3 is 5.32 Å². The number of aryl methyl sites for hydroxylation is 2. The number of alkyl halides is 3. The number of thiazole rings is 2. The second-order valence-electron chi connectivity index (χ2n) is 5.87. The molecule has 0 saturated heterocycles. The topological polar surface area (TPSA) is 66.9 Å². The molecule has 0 atom stereocenters. The Kier molecular flexibility index (Phi) is 6.63. The lowest BCUT2D eigenvalue weighted by Crippen LogP contribution is -2.30. The van der Waals surface area contributed by atoms with Gasteiger partial charge in [0.15, 0.2) is 10.8 Å². The first-order valence-electron chi connectivity index (χ1n) is 8.45. The third-order valence-electron chi connectivity index (χ3n) is 3.74. The van der Waals surface area contributed by atoms with E-state index in [4.69, 9.17) is 0 Å². The minimum Gasteiger partial charge on any atom is -0.337 e. The highest BCUT2D eigenvalue weighted by Crippen LogP contribution is 2.30. The highest BCUT2D eigenvalue weighted by atomic mass is 32.1. The van der Waals surface area contributed by atoms with Gasteiger partial charge in [0, 0.05) is 29.4 Å². The molecule has 5 nitrogen and oxygen atoms in total. The smallest absolute Gasteiger partial charge is 0.337 e. The summed E-state index contributed by atoms with van der Waals surface area (Å²) in [6, 6.07) is 9.64. The number of urea groups is 1. The van der Waals surface area contributed by atoms with Gasteiger partial charge in [0.05, 0.1) is 5.01 Å². The minimum atomic E-state index is -4.44. The fraction of sp³-hybridized carbons (Fsp3) is 0.278. The molecule has 2 aromatic heterocycles. The molecule has 0 unspecified atom stereocenters. The number of carbonyl (C=O) groups is 1. The van der Waals surface area contributed by atoms with Gasteiger partial charge in [0.1, 0.15) is 0 Å². The van der Waals surface area contributed by atoms with E-state index in [1.54, 1.807) is 6.20 Å². The number of anilines is 1. The highest BCUT2D eigenvalue weighted by molar-refractivity contribution is 7.15. The summed E-state index contributed by atoms with van der Waals surface area (Å²) in [5.41, 5.74) is 0.335. The number of rotatable bonds is 7. The van der Waals surface area contributed by atoms with Crippen molar-refractivity contribution < 1.29 is 18.0 Å². The van der Waals surface area contributed by atoms with Gasteiger partial charge in [-0.05, 0) is 18.4 Å². The van der Waals surface area contributed by atoms with Gasteiger partial charge in [-0.25, -0.2) is 14.8 Å². The molecule has 0 aliphatic heterocycles. The van der Waals surface area contributed by atoms with Gasteiger partial charge in [0.25, 0.3) is 0 Å². The average Bonchev–Trinajstić information content (AvgIpc) is 3.30. The summed E-state index contributed by atoms with van der Waals surface area (Å²) in [6.45, 7) is 0.183. The van der Waals surface area contributed by atoms with Crippen LogP contribution in [0.15, 0.2) is 41.9 Å². The number of nitrogens with zero attached hydrogens (tertiary/aromatic N) is 2. The SMILES string of the molecule is O=C(NCCc1nc(C(F)(F)F)cs1)Nc1ncc(CCc2ccccc2)s1. The van der Waals surface area contributed by atoms with Crippen molar-refractivity contribution in [1.82, 2.24) is 15.3 Å². The number of hydrogen-bond donors (Lipinski definition) is 2. The lowest BCUT2D eigenvalue weighted by atomic mass is 10.1. The average molecular weight is 426 g/mol. The zero-order chi connectivity index (χ0) is 20.0. The van der Waals surface area contributed by atoms with Crippen LogP contribution >= 0.6 is 22.7 Å². The summed E-state index contributed by atoms with van der Waals surface area (Å²) in [7, 11) is 0. The molecule has 28 heavy (non-hydrogen) atoms. The van der Waals surface area contributed by atoms with E-state index >= 15 is 0 Å². The van der Waals surface area contributed by atoms with Crippen molar-refractivity contribution in [3.63, 3.8) is 0 Å². The molecule has 2 amide bonds. The molecular formula is C18H17F3N4OS2. The standard InChI is InChI=1S/C18H17F3N4OS2/c19-18(20,21)14-11-27-15(24-14)8-9-22-16(26)25-17-23-10-13(28-17)7-6-12-4-2-1-3-5-12/h1-5,10-11H,6-9H2,(H2,22,23,25,26). The van der Waals surface area contributed by atoms with E-state index in [0.29, 0.717) is 10.1 Å².